The second-order valence-electron chi connectivity index (χ2n) is 4.19. The Morgan fingerprint density at radius 1 is 1.33 bits per heavy atom. The molecule has 0 heterocycles. The molecule has 0 fully saturated rings. The van der Waals surface area contributed by atoms with Gasteiger partial charge in [-0.15, -0.1) is 0 Å². The number of hydrogen-bond acceptors (Lipinski definition) is 5. The van der Waals surface area contributed by atoms with E-state index in [1.165, 1.54) is 18.2 Å². The number of nitrogens with one attached hydrogen (secondary N) is 2. The van der Waals surface area contributed by atoms with E-state index in [-0.39, 0.29) is 23.7 Å². The van der Waals surface area contributed by atoms with Crippen LogP contribution in [0.15, 0.2) is 24.3 Å². The second-order valence-corrected chi connectivity index (χ2v) is 4.19. The van der Waals surface area contributed by atoms with Gasteiger partial charge >= 0.3 is 0 Å². The third kappa shape index (κ3) is 6.00. The van der Waals surface area contributed by atoms with Gasteiger partial charge in [0.05, 0.1) is 11.5 Å². The number of carbonyl (C=O) groups is 2. The van der Waals surface area contributed by atoms with Gasteiger partial charge in [0.15, 0.2) is 0 Å². The van der Waals surface area contributed by atoms with Gasteiger partial charge in [0.25, 0.3) is 11.6 Å². The minimum absolute atomic E-state index is 0.136. The zero-order valence-electron chi connectivity index (χ0n) is 11.6. The Bertz CT molecular complexity index is 518. The molecule has 0 aliphatic rings. The minimum atomic E-state index is -0.584. The van der Waals surface area contributed by atoms with E-state index in [2.05, 4.69) is 10.6 Å². The van der Waals surface area contributed by atoms with Gasteiger partial charge in [0, 0.05) is 38.0 Å². The number of nitrogens with zero attached hydrogens (tertiary/aromatic N) is 1. The standard InChI is InChI=1S/C13H17N3O5/c1-21-7-3-6-14-12(17)9-15-13(18)10-4-2-5-11(8-10)16(19)20/h2,4-5,8H,3,6-7,9H2,1H3,(H,14,17)(H,15,18). The molecule has 114 valence electrons. The zero-order valence-corrected chi connectivity index (χ0v) is 11.6. The van der Waals surface area contributed by atoms with Gasteiger partial charge in [-0.25, -0.2) is 0 Å². The predicted molar refractivity (Wildman–Crippen MR) is 74.9 cm³/mol. The molecule has 0 saturated heterocycles. The molecule has 0 radical (unpaired) electrons. The highest BCUT2D eigenvalue weighted by Crippen LogP contribution is 2.12. The molecule has 0 unspecified atom stereocenters. The molecule has 1 aromatic carbocycles. The van der Waals surface area contributed by atoms with Crippen molar-refractivity contribution in [1.82, 2.24) is 10.6 Å². The summed E-state index contributed by atoms with van der Waals surface area (Å²) in [7, 11) is 1.57. The maximum atomic E-state index is 11.8. The van der Waals surface area contributed by atoms with Crippen LogP contribution in [0.1, 0.15) is 16.8 Å². The van der Waals surface area contributed by atoms with Crippen LogP contribution in [-0.2, 0) is 9.53 Å². The van der Waals surface area contributed by atoms with Crippen LogP contribution in [0.2, 0.25) is 0 Å². The van der Waals surface area contributed by atoms with Gasteiger partial charge in [-0.05, 0) is 12.5 Å². The Balaban J connectivity index is 2.41. The third-order valence-corrected chi connectivity index (χ3v) is 2.58. The lowest BCUT2D eigenvalue weighted by Crippen LogP contribution is -2.37. The Morgan fingerprint density at radius 3 is 2.76 bits per heavy atom. The zero-order chi connectivity index (χ0) is 15.7. The van der Waals surface area contributed by atoms with E-state index in [0.717, 1.165) is 6.07 Å². The van der Waals surface area contributed by atoms with Crippen LogP contribution in [0, 0.1) is 10.1 Å². The first kappa shape index (κ1) is 16.6. The maximum absolute atomic E-state index is 11.8. The highest BCUT2D eigenvalue weighted by atomic mass is 16.6. The smallest absolute Gasteiger partial charge is 0.270 e. The molecule has 1 rings (SSSR count). The molecule has 0 bridgehead atoms. The summed E-state index contributed by atoms with van der Waals surface area (Å²) in [6, 6.07) is 5.31. The molecule has 0 aliphatic carbocycles. The van der Waals surface area contributed by atoms with Crippen LogP contribution in [0.4, 0.5) is 5.69 Å². The van der Waals surface area contributed by atoms with Crippen molar-refractivity contribution in [2.24, 2.45) is 0 Å². The van der Waals surface area contributed by atoms with E-state index < -0.39 is 10.8 Å². The number of carbonyl (C=O) groups excluding carboxylic acids is 2. The van der Waals surface area contributed by atoms with Crippen molar-refractivity contribution in [3.8, 4) is 0 Å². The molecule has 0 aliphatic heterocycles. The Labute approximate surface area is 121 Å². The quantitative estimate of drug-likeness (QED) is 0.411. The summed E-state index contributed by atoms with van der Waals surface area (Å²) < 4.78 is 4.83. The van der Waals surface area contributed by atoms with Crippen LogP contribution in [0.5, 0.6) is 0 Å². The van der Waals surface area contributed by atoms with Crippen molar-refractivity contribution in [3.63, 3.8) is 0 Å². The highest BCUT2D eigenvalue weighted by Gasteiger charge is 2.12. The number of methoxy groups -OCH3 is 1. The van der Waals surface area contributed by atoms with E-state index >= 15 is 0 Å². The molecule has 2 amide bonds. The first-order chi connectivity index (χ1) is 10.0. The number of ether oxygens (including phenoxy) is 1. The SMILES string of the molecule is COCCCNC(=O)CNC(=O)c1cccc([N+](=O)[O-])c1. The number of nitro groups is 1. The fourth-order valence-corrected chi connectivity index (χ4v) is 1.53. The largest absolute Gasteiger partial charge is 0.385 e. The normalized spacial score (nSPS) is 9.95. The first-order valence-corrected chi connectivity index (χ1v) is 6.33. The fraction of sp³-hybridized carbons (Fsp3) is 0.385. The average molecular weight is 295 g/mol. The summed E-state index contributed by atoms with van der Waals surface area (Å²) in [6.07, 6.45) is 0.682. The number of amides is 2. The number of nitro benzene ring substituents is 1. The van der Waals surface area contributed by atoms with Crippen molar-refractivity contribution in [2.75, 3.05) is 26.8 Å². The first-order valence-electron chi connectivity index (χ1n) is 6.33. The topological polar surface area (TPSA) is 111 Å². The van der Waals surface area contributed by atoms with Crippen LogP contribution in [0.3, 0.4) is 0 Å². The molecule has 1 aromatic rings. The van der Waals surface area contributed by atoms with Gasteiger partial charge < -0.3 is 15.4 Å². The lowest BCUT2D eigenvalue weighted by molar-refractivity contribution is -0.384. The number of hydrogen-bond donors (Lipinski definition) is 2. The third-order valence-electron chi connectivity index (χ3n) is 2.58. The summed E-state index contributed by atoms with van der Waals surface area (Å²) in [5.74, 6) is -0.865. The number of benzene rings is 1. The molecule has 0 saturated carbocycles. The Morgan fingerprint density at radius 2 is 2.10 bits per heavy atom. The lowest BCUT2D eigenvalue weighted by atomic mass is 10.2. The van der Waals surface area contributed by atoms with E-state index in [4.69, 9.17) is 4.74 Å². The van der Waals surface area contributed by atoms with Gasteiger partial charge in [0.1, 0.15) is 0 Å². The van der Waals surface area contributed by atoms with Gasteiger partial charge in [-0.3, -0.25) is 19.7 Å². The molecule has 0 atom stereocenters. The monoisotopic (exact) mass is 295 g/mol. The van der Waals surface area contributed by atoms with E-state index in [1.54, 1.807) is 7.11 Å². The molecule has 8 heteroatoms. The van der Waals surface area contributed by atoms with Crippen molar-refractivity contribution < 1.29 is 19.2 Å². The van der Waals surface area contributed by atoms with Crippen molar-refractivity contribution in [3.05, 3.63) is 39.9 Å². The molecule has 0 spiro atoms. The van der Waals surface area contributed by atoms with Gasteiger partial charge in [-0.2, -0.15) is 0 Å². The van der Waals surface area contributed by atoms with Crippen molar-refractivity contribution in [2.45, 2.75) is 6.42 Å². The highest BCUT2D eigenvalue weighted by molar-refractivity contribution is 5.96. The van der Waals surface area contributed by atoms with Crippen LogP contribution < -0.4 is 10.6 Å². The summed E-state index contributed by atoms with van der Waals surface area (Å²) >= 11 is 0. The molecular weight excluding hydrogens is 278 g/mol. The van der Waals surface area contributed by atoms with Crippen molar-refractivity contribution >= 4 is 17.5 Å². The second kappa shape index (κ2) is 8.64. The molecule has 2 N–H and O–H groups in total. The van der Waals surface area contributed by atoms with Gasteiger partial charge in [-0.1, -0.05) is 6.07 Å². The Hall–Kier alpha value is -2.48. The fourth-order valence-electron chi connectivity index (χ4n) is 1.53. The van der Waals surface area contributed by atoms with E-state index in [9.17, 15) is 19.7 Å². The van der Waals surface area contributed by atoms with Crippen LogP contribution in [-0.4, -0.2) is 43.5 Å². The number of rotatable bonds is 8. The molecule has 21 heavy (non-hydrogen) atoms. The summed E-state index contributed by atoms with van der Waals surface area (Å²) in [6.45, 7) is 0.814. The lowest BCUT2D eigenvalue weighted by Gasteiger charge is -2.06. The summed E-state index contributed by atoms with van der Waals surface area (Å²) in [5.41, 5.74) is -0.0388. The summed E-state index contributed by atoms with van der Waals surface area (Å²) in [5, 5.41) is 15.6. The molecule has 0 aromatic heterocycles. The summed E-state index contributed by atoms with van der Waals surface area (Å²) in [4.78, 5) is 33.2. The number of non-ortho nitro benzene ring substituents is 1. The van der Waals surface area contributed by atoms with Crippen LogP contribution >= 0.6 is 0 Å². The molecule has 8 nitrogen and oxygen atoms in total. The van der Waals surface area contributed by atoms with E-state index in [0.29, 0.717) is 19.6 Å². The molecular formula is C13H17N3O5. The van der Waals surface area contributed by atoms with Crippen LogP contribution in [0.25, 0.3) is 0 Å². The average Bonchev–Trinajstić information content (AvgIpc) is 2.49. The van der Waals surface area contributed by atoms with E-state index in [1.807, 2.05) is 0 Å². The van der Waals surface area contributed by atoms with Crippen molar-refractivity contribution in [1.29, 1.82) is 0 Å². The minimum Gasteiger partial charge on any atom is -0.385 e. The Kier molecular flexibility index (Phi) is 6.82. The predicted octanol–water partition coefficient (Wildman–Crippen LogP) is 0.477. The maximum Gasteiger partial charge on any atom is 0.270 e. The van der Waals surface area contributed by atoms with Gasteiger partial charge in [0.2, 0.25) is 5.91 Å².